The minimum atomic E-state index is -4.26. The van der Waals surface area contributed by atoms with Crippen molar-refractivity contribution in [2.24, 2.45) is 0 Å². The number of halogens is 3. The third-order valence-electron chi connectivity index (χ3n) is 6.97. The number of carbonyl (C=O) groups is 2. The van der Waals surface area contributed by atoms with E-state index in [0.717, 1.165) is 15.4 Å². The van der Waals surface area contributed by atoms with E-state index in [9.17, 15) is 18.0 Å². The number of likely N-dealkylation sites (N-methyl/N-ethyl adjacent to an activating group) is 1. The predicted octanol–water partition coefficient (Wildman–Crippen LogP) is 6.93. The standard InChI is InChI=1S/C33H32Cl3N3O4S/c1-3-37-33(41)31(19-24-7-5-4-6-8-24)38(21-25-11-13-26(34)14-12-25)32(40)22-39(27-15-18-29(35)30(36)20-27)44(42,43)28-16-9-23(2)10-17-28/h4-18,20,31H,3,19,21-22H2,1-2H3,(H,37,41). The van der Waals surface area contributed by atoms with Gasteiger partial charge in [-0.1, -0.05) is 95.0 Å². The lowest BCUT2D eigenvalue weighted by Gasteiger charge is -2.34. The molecule has 0 heterocycles. The molecule has 7 nitrogen and oxygen atoms in total. The van der Waals surface area contributed by atoms with Gasteiger partial charge in [0.2, 0.25) is 11.8 Å². The summed E-state index contributed by atoms with van der Waals surface area (Å²) in [5.74, 6) is -0.949. The van der Waals surface area contributed by atoms with Crippen LogP contribution >= 0.6 is 34.8 Å². The monoisotopic (exact) mass is 671 g/mol. The van der Waals surface area contributed by atoms with Crippen molar-refractivity contribution in [3.8, 4) is 0 Å². The molecule has 0 radical (unpaired) electrons. The minimum Gasteiger partial charge on any atom is -0.355 e. The summed E-state index contributed by atoms with van der Waals surface area (Å²) in [4.78, 5) is 29.3. The summed E-state index contributed by atoms with van der Waals surface area (Å²) in [7, 11) is -4.26. The van der Waals surface area contributed by atoms with Crippen molar-refractivity contribution < 1.29 is 18.0 Å². The van der Waals surface area contributed by atoms with Crippen LogP contribution in [0.2, 0.25) is 15.1 Å². The fourth-order valence-electron chi connectivity index (χ4n) is 4.64. The van der Waals surface area contributed by atoms with Crippen LogP contribution in [0.4, 0.5) is 5.69 Å². The lowest BCUT2D eigenvalue weighted by Crippen LogP contribution is -2.53. The third-order valence-corrected chi connectivity index (χ3v) is 9.75. The molecule has 0 aliphatic heterocycles. The zero-order valence-electron chi connectivity index (χ0n) is 24.2. The van der Waals surface area contributed by atoms with E-state index in [2.05, 4.69) is 5.32 Å². The molecule has 0 aromatic heterocycles. The molecule has 0 bridgehead atoms. The van der Waals surface area contributed by atoms with Crippen LogP contribution in [-0.4, -0.2) is 44.3 Å². The van der Waals surface area contributed by atoms with Crippen LogP contribution in [0.25, 0.3) is 0 Å². The first kappa shape index (κ1) is 33.3. The molecule has 0 saturated heterocycles. The van der Waals surface area contributed by atoms with Crippen LogP contribution in [0.3, 0.4) is 0 Å². The predicted molar refractivity (Wildman–Crippen MR) is 177 cm³/mol. The summed E-state index contributed by atoms with van der Waals surface area (Å²) >= 11 is 18.6. The second-order valence-corrected chi connectivity index (χ2v) is 13.3. The third kappa shape index (κ3) is 8.33. The lowest BCUT2D eigenvalue weighted by atomic mass is 10.0. The number of hydrogen-bond acceptors (Lipinski definition) is 4. The molecule has 4 aromatic rings. The Morgan fingerprint density at radius 1 is 0.818 bits per heavy atom. The number of benzene rings is 4. The molecule has 4 aromatic carbocycles. The highest BCUT2D eigenvalue weighted by molar-refractivity contribution is 7.92. The molecule has 0 aliphatic carbocycles. The van der Waals surface area contributed by atoms with Crippen LogP contribution in [-0.2, 0) is 32.6 Å². The van der Waals surface area contributed by atoms with Crippen molar-refractivity contribution in [1.29, 1.82) is 0 Å². The molecule has 1 atom stereocenters. The van der Waals surface area contributed by atoms with E-state index in [1.165, 1.54) is 35.2 Å². The van der Waals surface area contributed by atoms with Crippen molar-refractivity contribution in [3.05, 3.63) is 129 Å². The SMILES string of the molecule is CCNC(=O)C(Cc1ccccc1)N(Cc1ccc(Cl)cc1)C(=O)CN(c1ccc(Cl)c(Cl)c1)S(=O)(=O)c1ccc(C)cc1. The maximum absolute atomic E-state index is 14.4. The fourth-order valence-corrected chi connectivity index (χ4v) is 6.46. The Bertz CT molecular complexity index is 1700. The molecule has 44 heavy (non-hydrogen) atoms. The Balaban J connectivity index is 1.81. The summed E-state index contributed by atoms with van der Waals surface area (Å²) in [6.07, 6.45) is 0.212. The van der Waals surface area contributed by atoms with Crippen molar-refractivity contribution in [2.75, 3.05) is 17.4 Å². The van der Waals surface area contributed by atoms with Gasteiger partial charge in [0.25, 0.3) is 10.0 Å². The van der Waals surface area contributed by atoms with Gasteiger partial charge >= 0.3 is 0 Å². The van der Waals surface area contributed by atoms with Crippen molar-refractivity contribution in [1.82, 2.24) is 10.2 Å². The first-order chi connectivity index (χ1) is 21.0. The van der Waals surface area contributed by atoms with E-state index in [0.29, 0.717) is 17.1 Å². The largest absolute Gasteiger partial charge is 0.355 e. The van der Waals surface area contributed by atoms with Gasteiger partial charge < -0.3 is 10.2 Å². The summed E-state index contributed by atoms with van der Waals surface area (Å²) < 4.78 is 29.1. The Morgan fingerprint density at radius 3 is 2.09 bits per heavy atom. The van der Waals surface area contributed by atoms with E-state index in [1.54, 1.807) is 43.3 Å². The van der Waals surface area contributed by atoms with Gasteiger partial charge in [-0.2, -0.15) is 0 Å². The first-order valence-corrected chi connectivity index (χ1v) is 16.5. The second-order valence-electron chi connectivity index (χ2n) is 10.2. The number of hydrogen-bond donors (Lipinski definition) is 1. The molecular formula is C33H32Cl3N3O4S. The number of anilines is 1. The van der Waals surface area contributed by atoms with E-state index >= 15 is 0 Å². The van der Waals surface area contributed by atoms with Crippen LogP contribution in [0.1, 0.15) is 23.6 Å². The molecule has 1 N–H and O–H groups in total. The van der Waals surface area contributed by atoms with Gasteiger partial charge in [0.1, 0.15) is 12.6 Å². The Hall–Kier alpha value is -3.56. The first-order valence-electron chi connectivity index (χ1n) is 13.9. The lowest BCUT2D eigenvalue weighted by molar-refractivity contribution is -0.140. The maximum atomic E-state index is 14.4. The van der Waals surface area contributed by atoms with E-state index < -0.39 is 28.5 Å². The number of carbonyl (C=O) groups excluding carboxylic acids is 2. The highest BCUT2D eigenvalue weighted by atomic mass is 35.5. The Labute approximate surface area is 273 Å². The molecule has 0 spiro atoms. The average molecular weight is 673 g/mol. The number of amides is 2. The number of nitrogens with zero attached hydrogens (tertiary/aromatic N) is 2. The molecule has 11 heteroatoms. The molecule has 4 rings (SSSR count). The van der Waals surface area contributed by atoms with Crippen molar-refractivity contribution in [2.45, 2.75) is 37.8 Å². The summed E-state index contributed by atoms with van der Waals surface area (Å²) in [6, 6.07) is 26.0. The molecular weight excluding hydrogens is 641 g/mol. The van der Waals surface area contributed by atoms with Gasteiger partial charge in [-0.15, -0.1) is 0 Å². The normalized spacial score (nSPS) is 11.9. The zero-order valence-corrected chi connectivity index (χ0v) is 27.3. The van der Waals surface area contributed by atoms with Gasteiger partial charge in [-0.3, -0.25) is 13.9 Å². The maximum Gasteiger partial charge on any atom is 0.264 e. The second kappa shape index (κ2) is 14.9. The Kier molecular flexibility index (Phi) is 11.3. The van der Waals surface area contributed by atoms with Crippen LogP contribution in [0, 0.1) is 6.92 Å². The fraction of sp³-hybridized carbons (Fsp3) is 0.212. The summed E-state index contributed by atoms with van der Waals surface area (Å²) in [5, 5.41) is 3.72. The quantitative estimate of drug-likeness (QED) is 0.177. The average Bonchev–Trinajstić information content (AvgIpc) is 3.00. The van der Waals surface area contributed by atoms with E-state index in [1.807, 2.05) is 37.3 Å². The van der Waals surface area contributed by atoms with Gasteiger partial charge in [-0.05, 0) is 67.4 Å². The molecule has 0 aliphatic rings. The summed E-state index contributed by atoms with van der Waals surface area (Å²) in [6.45, 7) is 3.42. The Morgan fingerprint density at radius 2 is 1.48 bits per heavy atom. The van der Waals surface area contributed by atoms with Crippen LogP contribution < -0.4 is 9.62 Å². The van der Waals surface area contributed by atoms with Crippen molar-refractivity contribution >= 4 is 62.3 Å². The number of rotatable bonds is 12. The smallest absolute Gasteiger partial charge is 0.264 e. The summed E-state index contributed by atoms with van der Waals surface area (Å²) in [5.41, 5.74) is 2.58. The van der Waals surface area contributed by atoms with Crippen molar-refractivity contribution in [3.63, 3.8) is 0 Å². The van der Waals surface area contributed by atoms with Gasteiger partial charge in [0.05, 0.1) is 20.6 Å². The number of aryl methyl sites for hydroxylation is 1. The van der Waals surface area contributed by atoms with Crippen LogP contribution in [0.15, 0.2) is 102 Å². The highest BCUT2D eigenvalue weighted by Gasteiger charge is 2.34. The van der Waals surface area contributed by atoms with E-state index in [4.69, 9.17) is 34.8 Å². The van der Waals surface area contributed by atoms with E-state index in [-0.39, 0.29) is 39.5 Å². The highest BCUT2D eigenvalue weighted by Crippen LogP contribution is 2.31. The molecule has 0 fully saturated rings. The molecule has 2 amide bonds. The molecule has 0 saturated carbocycles. The molecule has 1 unspecified atom stereocenters. The number of sulfonamides is 1. The minimum absolute atomic E-state index is 0.00390. The zero-order chi connectivity index (χ0) is 31.9. The van der Waals surface area contributed by atoms with Crippen LogP contribution in [0.5, 0.6) is 0 Å². The molecule has 230 valence electrons. The number of nitrogens with one attached hydrogen (secondary N) is 1. The van der Waals surface area contributed by atoms with Gasteiger partial charge in [0, 0.05) is 24.5 Å². The van der Waals surface area contributed by atoms with Gasteiger partial charge in [0.15, 0.2) is 0 Å². The topological polar surface area (TPSA) is 86.8 Å². The van der Waals surface area contributed by atoms with Gasteiger partial charge in [-0.25, -0.2) is 8.42 Å².